The van der Waals surface area contributed by atoms with Gasteiger partial charge in [-0.25, -0.2) is 0 Å². The van der Waals surface area contributed by atoms with Crippen LogP contribution in [0.3, 0.4) is 0 Å². The maximum Gasteiger partial charge on any atom is 0.224 e. The van der Waals surface area contributed by atoms with Gasteiger partial charge in [-0.15, -0.1) is 0 Å². The van der Waals surface area contributed by atoms with Gasteiger partial charge in [0.1, 0.15) is 5.76 Å². The Hall–Kier alpha value is -1.85. The standard InChI is InChI=1S/C23H31ClN2O3/c1-14-5-6-20(18(24)9-14)25-21(28)8-7-19-17(13-27)22(29-26-19)16-10-15(11-16)12-23(2,3)4/h5-6,9,15-16,27H,7-8,10-13H2,1-4H3,(H,25,28)/t15-,16+. The number of halogens is 1. The van der Waals surface area contributed by atoms with Crippen molar-refractivity contribution in [3.63, 3.8) is 0 Å². The highest BCUT2D eigenvalue weighted by atomic mass is 35.5. The van der Waals surface area contributed by atoms with Gasteiger partial charge in [0.25, 0.3) is 0 Å². The molecule has 1 aliphatic carbocycles. The minimum Gasteiger partial charge on any atom is -0.391 e. The van der Waals surface area contributed by atoms with Gasteiger partial charge in [-0.3, -0.25) is 4.79 Å². The molecule has 1 aromatic carbocycles. The Morgan fingerprint density at radius 2 is 2.07 bits per heavy atom. The van der Waals surface area contributed by atoms with Gasteiger partial charge in [0.05, 0.1) is 23.0 Å². The zero-order chi connectivity index (χ0) is 21.2. The van der Waals surface area contributed by atoms with Crippen LogP contribution in [0.15, 0.2) is 22.7 Å². The molecule has 0 spiro atoms. The second-order valence-corrected chi connectivity index (χ2v) is 9.87. The van der Waals surface area contributed by atoms with Crippen molar-refractivity contribution < 1.29 is 14.4 Å². The third kappa shape index (κ3) is 5.61. The van der Waals surface area contributed by atoms with Crippen LogP contribution in [0.1, 0.15) is 75.0 Å². The van der Waals surface area contributed by atoms with Crippen molar-refractivity contribution in [1.82, 2.24) is 5.16 Å². The third-order valence-corrected chi connectivity index (χ3v) is 5.87. The van der Waals surface area contributed by atoms with Crippen molar-refractivity contribution in [3.05, 3.63) is 45.8 Å². The van der Waals surface area contributed by atoms with Crippen LogP contribution in [0.2, 0.25) is 5.02 Å². The van der Waals surface area contributed by atoms with E-state index in [1.807, 2.05) is 19.1 Å². The van der Waals surface area contributed by atoms with Crippen LogP contribution >= 0.6 is 11.6 Å². The Bertz CT molecular complexity index is 863. The zero-order valence-electron chi connectivity index (χ0n) is 17.7. The number of nitrogens with zero attached hydrogens (tertiary/aromatic N) is 1. The van der Waals surface area contributed by atoms with Crippen LogP contribution in [0.4, 0.5) is 5.69 Å². The number of hydrogen-bond acceptors (Lipinski definition) is 4. The van der Waals surface area contributed by atoms with Gasteiger partial charge in [0.15, 0.2) is 0 Å². The maximum atomic E-state index is 12.3. The van der Waals surface area contributed by atoms with Crippen LogP contribution in [0.5, 0.6) is 0 Å². The van der Waals surface area contributed by atoms with Crippen LogP contribution in [0.25, 0.3) is 0 Å². The number of carbonyl (C=O) groups is 1. The van der Waals surface area contributed by atoms with Gasteiger partial charge >= 0.3 is 0 Å². The van der Waals surface area contributed by atoms with E-state index in [0.29, 0.717) is 40.1 Å². The predicted octanol–water partition coefficient (Wildman–Crippen LogP) is 5.63. The maximum absolute atomic E-state index is 12.3. The number of carbonyl (C=O) groups excluding carboxylic acids is 1. The van der Waals surface area contributed by atoms with E-state index in [1.54, 1.807) is 6.07 Å². The van der Waals surface area contributed by atoms with Crippen molar-refractivity contribution in [2.24, 2.45) is 11.3 Å². The highest BCUT2D eigenvalue weighted by Gasteiger charge is 2.37. The Labute approximate surface area is 177 Å². The summed E-state index contributed by atoms with van der Waals surface area (Å²) in [5.41, 5.74) is 3.40. The molecular weight excluding hydrogens is 388 g/mol. The minimum atomic E-state index is -0.141. The van der Waals surface area contributed by atoms with Crippen molar-refractivity contribution >= 4 is 23.2 Å². The number of aryl methyl sites for hydroxylation is 2. The lowest BCUT2D eigenvalue weighted by Crippen LogP contribution is -2.26. The molecule has 0 aliphatic heterocycles. The smallest absolute Gasteiger partial charge is 0.224 e. The first kappa shape index (κ1) is 21.8. The second kappa shape index (κ2) is 8.88. The molecule has 0 saturated heterocycles. The van der Waals surface area contributed by atoms with Crippen molar-refractivity contribution in [2.45, 2.75) is 72.3 Å². The zero-order valence-corrected chi connectivity index (χ0v) is 18.5. The molecule has 29 heavy (non-hydrogen) atoms. The molecule has 1 aliphatic rings. The van der Waals surface area contributed by atoms with Crippen LogP contribution < -0.4 is 5.32 Å². The largest absolute Gasteiger partial charge is 0.391 e. The number of amides is 1. The van der Waals surface area contributed by atoms with Gasteiger partial charge < -0.3 is 14.9 Å². The lowest BCUT2D eigenvalue weighted by molar-refractivity contribution is -0.116. The molecule has 0 unspecified atom stereocenters. The minimum absolute atomic E-state index is 0.111. The fourth-order valence-corrected chi connectivity index (χ4v) is 4.47. The molecule has 1 fully saturated rings. The van der Waals surface area contributed by atoms with E-state index in [-0.39, 0.29) is 18.9 Å². The molecule has 1 aromatic heterocycles. The molecule has 1 heterocycles. The fourth-order valence-electron chi connectivity index (χ4n) is 4.19. The van der Waals surface area contributed by atoms with E-state index in [0.717, 1.165) is 29.7 Å². The number of anilines is 1. The van der Waals surface area contributed by atoms with Gasteiger partial charge in [0, 0.05) is 24.3 Å². The average molecular weight is 419 g/mol. The predicted molar refractivity (Wildman–Crippen MR) is 115 cm³/mol. The monoisotopic (exact) mass is 418 g/mol. The summed E-state index contributed by atoms with van der Waals surface area (Å²) in [6.45, 7) is 8.63. The van der Waals surface area contributed by atoms with Gasteiger partial charge in [0.2, 0.25) is 5.91 Å². The molecule has 158 valence electrons. The summed E-state index contributed by atoms with van der Waals surface area (Å²) in [6.07, 6.45) is 4.02. The highest BCUT2D eigenvalue weighted by Crippen LogP contribution is 2.47. The van der Waals surface area contributed by atoms with Crippen LogP contribution in [0, 0.1) is 18.3 Å². The molecule has 0 bridgehead atoms. The van der Waals surface area contributed by atoms with Gasteiger partial charge in [-0.1, -0.05) is 43.6 Å². The Morgan fingerprint density at radius 3 is 2.69 bits per heavy atom. The first-order valence-corrected chi connectivity index (χ1v) is 10.7. The second-order valence-electron chi connectivity index (χ2n) is 9.46. The normalized spacial score (nSPS) is 19.1. The molecule has 0 radical (unpaired) electrons. The van der Waals surface area contributed by atoms with E-state index in [4.69, 9.17) is 16.1 Å². The molecule has 2 N–H and O–H groups in total. The summed E-state index contributed by atoms with van der Waals surface area (Å²) in [4.78, 5) is 12.3. The molecule has 0 atom stereocenters. The number of aliphatic hydroxyl groups excluding tert-OH is 1. The average Bonchev–Trinajstić information content (AvgIpc) is 3.00. The molecule has 1 saturated carbocycles. The summed E-state index contributed by atoms with van der Waals surface area (Å²) < 4.78 is 5.59. The number of hydrogen-bond donors (Lipinski definition) is 2. The number of aromatic nitrogens is 1. The van der Waals surface area contributed by atoms with E-state index in [2.05, 4.69) is 31.2 Å². The van der Waals surface area contributed by atoms with Gasteiger partial charge in [-0.2, -0.15) is 0 Å². The number of benzene rings is 1. The topological polar surface area (TPSA) is 75.4 Å². The highest BCUT2D eigenvalue weighted by molar-refractivity contribution is 6.33. The quantitative estimate of drug-likeness (QED) is 0.610. The number of rotatable bonds is 7. The Balaban J connectivity index is 1.56. The van der Waals surface area contributed by atoms with E-state index < -0.39 is 0 Å². The van der Waals surface area contributed by atoms with Crippen molar-refractivity contribution in [3.8, 4) is 0 Å². The fraction of sp³-hybridized carbons (Fsp3) is 0.565. The summed E-state index contributed by atoms with van der Waals surface area (Å²) in [7, 11) is 0. The molecular formula is C23H31ClN2O3. The third-order valence-electron chi connectivity index (χ3n) is 5.55. The van der Waals surface area contributed by atoms with E-state index in [1.165, 1.54) is 6.42 Å². The van der Waals surface area contributed by atoms with Crippen molar-refractivity contribution in [1.29, 1.82) is 0 Å². The molecule has 2 aromatic rings. The Kier molecular flexibility index (Phi) is 6.69. The number of nitrogens with one attached hydrogen (secondary N) is 1. The first-order valence-electron chi connectivity index (χ1n) is 10.3. The summed E-state index contributed by atoms with van der Waals surface area (Å²) in [5, 5.41) is 17.4. The summed E-state index contributed by atoms with van der Waals surface area (Å²) in [5.74, 6) is 1.68. The summed E-state index contributed by atoms with van der Waals surface area (Å²) >= 11 is 6.18. The molecule has 6 heteroatoms. The first-order chi connectivity index (χ1) is 13.7. The molecule has 1 amide bonds. The lowest BCUT2D eigenvalue weighted by Gasteiger charge is -2.38. The summed E-state index contributed by atoms with van der Waals surface area (Å²) in [6, 6.07) is 5.52. The van der Waals surface area contributed by atoms with Crippen LogP contribution in [-0.4, -0.2) is 16.2 Å². The van der Waals surface area contributed by atoms with Crippen molar-refractivity contribution in [2.75, 3.05) is 5.32 Å². The Morgan fingerprint density at radius 1 is 1.34 bits per heavy atom. The molecule has 5 nitrogen and oxygen atoms in total. The molecule has 3 rings (SSSR count). The van der Waals surface area contributed by atoms with E-state index in [9.17, 15) is 9.90 Å². The lowest BCUT2D eigenvalue weighted by atomic mass is 9.67. The van der Waals surface area contributed by atoms with Crippen LogP contribution in [-0.2, 0) is 17.8 Å². The SMILES string of the molecule is Cc1ccc(NC(=O)CCc2noc([C@H]3C[C@@H](CC(C)(C)C)C3)c2CO)c(Cl)c1. The van der Waals surface area contributed by atoms with Gasteiger partial charge in [-0.05, 0) is 55.2 Å². The van der Waals surface area contributed by atoms with E-state index >= 15 is 0 Å². The number of aliphatic hydroxyl groups is 1.